The summed E-state index contributed by atoms with van der Waals surface area (Å²) in [6, 6.07) is 0.285. The van der Waals surface area contributed by atoms with Crippen molar-refractivity contribution < 1.29 is 14.2 Å². The second-order valence-electron chi connectivity index (χ2n) is 3.28. The van der Waals surface area contributed by atoms with Crippen molar-refractivity contribution >= 4 is 15.9 Å². The van der Waals surface area contributed by atoms with Crippen LogP contribution in [-0.4, -0.2) is 36.4 Å². The molecule has 0 unspecified atom stereocenters. The zero-order chi connectivity index (χ0) is 12.0. The van der Waals surface area contributed by atoms with Crippen molar-refractivity contribution in [3.63, 3.8) is 0 Å². The molecule has 1 aromatic rings. The molecule has 0 radical (unpaired) electrons. The Balaban J connectivity index is 2.42. The summed E-state index contributed by atoms with van der Waals surface area (Å²) in [7, 11) is 1.54. The summed E-state index contributed by atoms with van der Waals surface area (Å²) in [6.45, 7) is 4.88. The van der Waals surface area contributed by atoms with Crippen LogP contribution in [0.3, 0.4) is 0 Å². The number of methoxy groups -OCH3 is 1. The van der Waals surface area contributed by atoms with Crippen LogP contribution in [0.15, 0.2) is 10.7 Å². The highest BCUT2D eigenvalue weighted by molar-refractivity contribution is 9.10. The van der Waals surface area contributed by atoms with Crippen molar-refractivity contribution in [3.8, 4) is 11.9 Å². The van der Waals surface area contributed by atoms with Gasteiger partial charge in [0, 0.05) is 0 Å². The van der Waals surface area contributed by atoms with Gasteiger partial charge in [-0.1, -0.05) is 0 Å². The summed E-state index contributed by atoms with van der Waals surface area (Å²) in [5.74, 6) is 0.453. The Hall–Kier alpha value is -0.880. The molecule has 0 fully saturated rings. The molecule has 6 heteroatoms. The van der Waals surface area contributed by atoms with E-state index in [-0.39, 0.29) is 12.1 Å². The molecule has 0 bridgehead atoms. The van der Waals surface area contributed by atoms with Gasteiger partial charge in [-0.2, -0.15) is 4.98 Å². The number of hydrogen-bond acceptors (Lipinski definition) is 5. The lowest BCUT2D eigenvalue weighted by molar-refractivity contribution is 0.0529. The third-order valence-electron chi connectivity index (χ3n) is 1.65. The van der Waals surface area contributed by atoms with E-state index in [1.807, 2.05) is 13.8 Å². The van der Waals surface area contributed by atoms with E-state index in [2.05, 4.69) is 25.9 Å². The van der Waals surface area contributed by atoms with E-state index in [0.29, 0.717) is 23.6 Å². The van der Waals surface area contributed by atoms with Gasteiger partial charge in [0.2, 0.25) is 5.88 Å². The minimum absolute atomic E-state index is 0.198. The van der Waals surface area contributed by atoms with Crippen molar-refractivity contribution in [2.75, 3.05) is 20.3 Å². The van der Waals surface area contributed by atoms with Crippen LogP contribution in [0.4, 0.5) is 0 Å². The standard InChI is InChI=1S/C10H15BrN2O3/c1-7(2)15-4-5-16-10-12-6-8(11)9(13-10)14-3/h6-7H,4-5H2,1-3H3. The second-order valence-corrected chi connectivity index (χ2v) is 4.13. The molecule has 5 nitrogen and oxygen atoms in total. The van der Waals surface area contributed by atoms with Gasteiger partial charge in [0.15, 0.2) is 0 Å². The molecule has 0 atom stereocenters. The number of rotatable bonds is 6. The van der Waals surface area contributed by atoms with Gasteiger partial charge in [-0.05, 0) is 29.8 Å². The highest BCUT2D eigenvalue weighted by Gasteiger charge is 2.05. The number of halogens is 1. The molecule has 0 saturated heterocycles. The lowest BCUT2D eigenvalue weighted by atomic mass is 10.5. The fourth-order valence-electron chi connectivity index (χ4n) is 0.966. The van der Waals surface area contributed by atoms with E-state index >= 15 is 0 Å². The highest BCUT2D eigenvalue weighted by Crippen LogP contribution is 2.22. The van der Waals surface area contributed by atoms with Crippen molar-refractivity contribution in [2.45, 2.75) is 20.0 Å². The number of aromatic nitrogens is 2. The molecular formula is C10H15BrN2O3. The van der Waals surface area contributed by atoms with E-state index in [4.69, 9.17) is 14.2 Å². The molecule has 0 saturated carbocycles. The molecule has 0 aliphatic rings. The average Bonchev–Trinajstić information content (AvgIpc) is 2.26. The number of nitrogens with zero attached hydrogens (tertiary/aromatic N) is 2. The van der Waals surface area contributed by atoms with Gasteiger partial charge >= 0.3 is 6.01 Å². The largest absolute Gasteiger partial charge is 0.480 e. The topological polar surface area (TPSA) is 53.5 Å². The fourth-order valence-corrected chi connectivity index (χ4v) is 1.32. The lowest BCUT2D eigenvalue weighted by Gasteiger charge is -2.08. The van der Waals surface area contributed by atoms with Crippen LogP contribution in [0.1, 0.15) is 13.8 Å². The molecule has 0 spiro atoms. The number of ether oxygens (including phenoxy) is 3. The Labute approximate surface area is 103 Å². The van der Waals surface area contributed by atoms with Crippen LogP contribution in [0.2, 0.25) is 0 Å². The smallest absolute Gasteiger partial charge is 0.319 e. The molecule has 0 aromatic carbocycles. The van der Waals surface area contributed by atoms with E-state index in [1.54, 1.807) is 13.3 Å². The first-order valence-corrected chi connectivity index (χ1v) is 5.73. The molecule has 90 valence electrons. The molecule has 1 rings (SSSR count). The minimum atomic E-state index is 0.198. The minimum Gasteiger partial charge on any atom is -0.480 e. The van der Waals surface area contributed by atoms with E-state index < -0.39 is 0 Å². The lowest BCUT2D eigenvalue weighted by Crippen LogP contribution is -2.12. The normalized spacial score (nSPS) is 10.6. The summed E-state index contributed by atoms with van der Waals surface area (Å²) in [5.41, 5.74) is 0. The SMILES string of the molecule is COc1nc(OCCOC(C)C)ncc1Br. The van der Waals surface area contributed by atoms with Gasteiger partial charge in [0.1, 0.15) is 6.61 Å². The summed E-state index contributed by atoms with van der Waals surface area (Å²) in [4.78, 5) is 8.04. The molecule has 0 aliphatic heterocycles. The molecular weight excluding hydrogens is 276 g/mol. The summed E-state index contributed by atoms with van der Waals surface area (Å²) < 4.78 is 16.3. The Bertz CT molecular complexity index is 334. The summed E-state index contributed by atoms with van der Waals surface area (Å²) >= 11 is 3.26. The first kappa shape index (κ1) is 13.2. The monoisotopic (exact) mass is 290 g/mol. The van der Waals surface area contributed by atoms with Gasteiger partial charge in [-0.25, -0.2) is 4.98 Å². The van der Waals surface area contributed by atoms with Crippen molar-refractivity contribution in [1.29, 1.82) is 0 Å². The van der Waals surface area contributed by atoms with Crippen LogP contribution < -0.4 is 9.47 Å². The average molecular weight is 291 g/mol. The van der Waals surface area contributed by atoms with Gasteiger partial charge in [0.05, 0.1) is 30.5 Å². The Morgan fingerprint density at radius 2 is 2.12 bits per heavy atom. The van der Waals surface area contributed by atoms with Gasteiger partial charge < -0.3 is 14.2 Å². The maximum atomic E-state index is 5.32. The maximum Gasteiger partial charge on any atom is 0.319 e. The van der Waals surface area contributed by atoms with Crippen LogP contribution in [-0.2, 0) is 4.74 Å². The maximum absolute atomic E-state index is 5.32. The quantitative estimate of drug-likeness (QED) is 0.751. The zero-order valence-corrected chi connectivity index (χ0v) is 11.2. The van der Waals surface area contributed by atoms with Crippen LogP contribution in [0, 0.1) is 0 Å². The number of hydrogen-bond donors (Lipinski definition) is 0. The first-order valence-electron chi connectivity index (χ1n) is 4.94. The van der Waals surface area contributed by atoms with Crippen LogP contribution >= 0.6 is 15.9 Å². The van der Waals surface area contributed by atoms with E-state index in [9.17, 15) is 0 Å². The molecule has 1 aromatic heterocycles. The van der Waals surface area contributed by atoms with Crippen molar-refractivity contribution in [1.82, 2.24) is 9.97 Å². The highest BCUT2D eigenvalue weighted by atomic mass is 79.9. The first-order chi connectivity index (χ1) is 7.63. The van der Waals surface area contributed by atoms with E-state index in [0.717, 1.165) is 0 Å². The molecule has 16 heavy (non-hydrogen) atoms. The second kappa shape index (κ2) is 6.65. The Morgan fingerprint density at radius 1 is 1.38 bits per heavy atom. The van der Waals surface area contributed by atoms with Crippen molar-refractivity contribution in [3.05, 3.63) is 10.7 Å². The summed E-state index contributed by atoms with van der Waals surface area (Å²) in [6.07, 6.45) is 1.79. The Morgan fingerprint density at radius 3 is 2.75 bits per heavy atom. The summed E-state index contributed by atoms with van der Waals surface area (Å²) in [5, 5.41) is 0. The Kier molecular flexibility index (Phi) is 5.48. The third-order valence-corrected chi connectivity index (χ3v) is 2.19. The fraction of sp³-hybridized carbons (Fsp3) is 0.600. The predicted octanol–water partition coefficient (Wildman–Crippen LogP) is 2.05. The van der Waals surface area contributed by atoms with Crippen molar-refractivity contribution in [2.24, 2.45) is 0 Å². The van der Waals surface area contributed by atoms with Crippen LogP contribution in [0.25, 0.3) is 0 Å². The van der Waals surface area contributed by atoms with Gasteiger partial charge in [-0.15, -0.1) is 0 Å². The van der Waals surface area contributed by atoms with Gasteiger partial charge in [-0.3, -0.25) is 0 Å². The van der Waals surface area contributed by atoms with Crippen LogP contribution in [0.5, 0.6) is 11.9 Å². The third kappa shape index (κ3) is 4.32. The molecule has 0 N–H and O–H groups in total. The zero-order valence-electron chi connectivity index (χ0n) is 9.57. The van der Waals surface area contributed by atoms with Gasteiger partial charge in [0.25, 0.3) is 0 Å². The predicted molar refractivity (Wildman–Crippen MR) is 62.9 cm³/mol. The molecule has 1 heterocycles. The molecule has 0 aliphatic carbocycles. The molecule has 0 amide bonds. The van der Waals surface area contributed by atoms with E-state index in [1.165, 1.54) is 0 Å².